The second kappa shape index (κ2) is 6.59. The maximum Gasteiger partial charge on any atom is 0.294 e. The number of hydrogen-bond acceptors (Lipinski definition) is 4. The topological polar surface area (TPSA) is 80.6 Å². The van der Waals surface area contributed by atoms with Gasteiger partial charge in [0.2, 0.25) is 10.0 Å². The molecule has 2 aliphatic rings. The molecule has 4 rings (SSSR count). The summed E-state index contributed by atoms with van der Waals surface area (Å²) in [4.78, 5) is 18.3. The Morgan fingerprint density at radius 1 is 1.11 bits per heavy atom. The van der Waals surface area contributed by atoms with Crippen LogP contribution in [0.3, 0.4) is 0 Å². The van der Waals surface area contributed by atoms with Gasteiger partial charge >= 0.3 is 0 Å². The van der Waals surface area contributed by atoms with Gasteiger partial charge in [0.1, 0.15) is 11.7 Å². The average molecular weight is 452 g/mol. The fourth-order valence-corrected chi connectivity index (χ4v) is 5.39. The highest BCUT2D eigenvalue weighted by Crippen LogP contribution is 2.38. The van der Waals surface area contributed by atoms with Gasteiger partial charge in [-0.25, -0.2) is 18.2 Å². The Morgan fingerprint density at radius 3 is 2.48 bits per heavy atom. The first kappa shape index (κ1) is 18.4. The maximum absolute atomic E-state index is 12.8. The van der Waals surface area contributed by atoms with Gasteiger partial charge in [-0.1, -0.05) is 29.8 Å². The number of aromatic nitrogens is 1. The Kier molecular flexibility index (Phi) is 4.50. The number of hydrogen-bond donors (Lipinski definition) is 1. The van der Waals surface area contributed by atoms with Gasteiger partial charge in [-0.15, -0.1) is 0 Å². The lowest BCUT2D eigenvalue weighted by Crippen LogP contribution is -2.56. The standard InChI is InChI=1S/C18H18BrN3O4S/c1-11-3-5-12(6-4-11)27(24,25)20-13-7-8-14-17(13)22(26-2)18(23)15-9-10-16(19)21(14)15/h3-10,13-14,17,20H,1-2H3/t13-,14-,17+/m1/s1. The van der Waals surface area contributed by atoms with E-state index in [0.29, 0.717) is 5.69 Å². The second-order valence-corrected chi connectivity index (χ2v) is 9.08. The smallest absolute Gasteiger partial charge is 0.294 e. The Hall–Kier alpha value is -1.94. The van der Waals surface area contributed by atoms with Crippen LogP contribution < -0.4 is 4.72 Å². The van der Waals surface area contributed by atoms with Crippen molar-refractivity contribution in [3.63, 3.8) is 0 Å². The summed E-state index contributed by atoms with van der Waals surface area (Å²) in [6, 6.07) is 8.74. The number of sulfonamides is 1. The van der Waals surface area contributed by atoms with Crippen molar-refractivity contribution in [3.8, 4) is 0 Å². The van der Waals surface area contributed by atoms with Crippen LogP contribution in [0.25, 0.3) is 0 Å². The molecule has 1 aromatic heterocycles. The van der Waals surface area contributed by atoms with Crippen molar-refractivity contribution in [2.24, 2.45) is 0 Å². The molecule has 0 fully saturated rings. The fourth-order valence-electron chi connectivity index (χ4n) is 3.62. The largest absolute Gasteiger partial charge is 0.322 e. The Morgan fingerprint density at radius 2 is 1.81 bits per heavy atom. The number of halogens is 1. The molecule has 0 unspecified atom stereocenters. The van der Waals surface area contributed by atoms with Crippen molar-refractivity contribution in [1.82, 2.24) is 14.4 Å². The lowest BCUT2D eigenvalue weighted by molar-refractivity contribution is -0.137. The predicted octanol–water partition coefficient (Wildman–Crippen LogP) is 2.40. The fraction of sp³-hybridized carbons (Fsp3) is 0.278. The third kappa shape index (κ3) is 2.94. The van der Waals surface area contributed by atoms with Crippen LogP contribution in [0.5, 0.6) is 0 Å². The first-order valence-corrected chi connectivity index (χ1v) is 10.6. The van der Waals surface area contributed by atoms with Gasteiger partial charge in [0.25, 0.3) is 5.91 Å². The number of rotatable bonds is 4. The van der Waals surface area contributed by atoms with E-state index in [9.17, 15) is 13.2 Å². The normalized spacial score (nSPS) is 24.2. The molecular weight excluding hydrogens is 434 g/mol. The van der Waals surface area contributed by atoms with Crippen molar-refractivity contribution in [3.05, 3.63) is 64.4 Å². The molecule has 0 saturated carbocycles. The quantitative estimate of drug-likeness (QED) is 0.723. The van der Waals surface area contributed by atoms with E-state index < -0.39 is 22.1 Å². The number of carbonyl (C=O) groups is 1. The van der Waals surface area contributed by atoms with Crippen molar-refractivity contribution in [2.75, 3.05) is 7.11 Å². The van der Waals surface area contributed by atoms with E-state index >= 15 is 0 Å². The van der Waals surface area contributed by atoms with Gasteiger partial charge < -0.3 is 4.57 Å². The van der Waals surface area contributed by atoms with Crippen LogP contribution in [-0.2, 0) is 14.9 Å². The molecule has 7 nitrogen and oxygen atoms in total. The summed E-state index contributed by atoms with van der Waals surface area (Å²) in [5, 5.41) is 1.24. The number of fused-ring (bicyclic) bond motifs is 3. The average Bonchev–Trinajstić information content (AvgIpc) is 3.20. The molecule has 0 saturated heterocycles. The third-order valence-electron chi connectivity index (χ3n) is 4.91. The van der Waals surface area contributed by atoms with Crippen molar-refractivity contribution < 1.29 is 18.0 Å². The summed E-state index contributed by atoms with van der Waals surface area (Å²) < 4.78 is 30.9. The Balaban J connectivity index is 1.68. The van der Waals surface area contributed by atoms with Crippen molar-refractivity contribution in [1.29, 1.82) is 0 Å². The zero-order chi connectivity index (χ0) is 19.3. The molecule has 1 aliphatic heterocycles. The van der Waals surface area contributed by atoms with E-state index in [4.69, 9.17) is 4.84 Å². The highest BCUT2D eigenvalue weighted by molar-refractivity contribution is 9.10. The van der Waals surface area contributed by atoms with Crippen LogP contribution in [0.4, 0.5) is 0 Å². The molecular formula is C18H18BrN3O4S. The number of carbonyl (C=O) groups excluding carboxylic acids is 1. The molecule has 3 atom stereocenters. The molecule has 9 heteroatoms. The summed E-state index contributed by atoms with van der Waals surface area (Å²) in [5.41, 5.74) is 1.46. The van der Waals surface area contributed by atoms with Crippen LogP contribution in [0, 0.1) is 6.92 Å². The van der Waals surface area contributed by atoms with E-state index in [0.717, 1.165) is 10.2 Å². The van der Waals surface area contributed by atoms with Crippen LogP contribution in [0.1, 0.15) is 22.1 Å². The van der Waals surface area contributed by atoms with E-state index in [1.807, 2.05) is 17.6 Å². The molecule has 0 bridgehead atoms. The van der Waals surface area contributed by atoms with Crippen molar-refractivity contribution in [2.45, 2.75) is 29.9 Å². The monoisotopic (exact) mass is 451 g/mol. The zero-order valence-electron chi connectivity index (χ0n) is 14.7. The summed E-state index contributed by atoms with van der Waals surface area (Å²) in [5.74, 6) is -0.312. The summed E-state index contributed by atoms with van der Waals surface area (Å²) in [6.07, 6.45) is 3.65. The first-order chi connectivity index (χ1) is 12.8. The van der Waals surface area contributed by atoms with Gasteiger partial charge in [-0.3, -0.25) is 9.63 Å². The van der Waals surface area contributed by atoms with Gasteiger partial charge in [0.15, 0.2) is 0 Å². The lowest BCUT2D eigenvalue weighted by Gasteiger charge is -2.39. The second-order valence-electron chi connectivity index (χ2n) is 6.55. The summed E-state index contributed by atoms with van der Waals surface area (Å²) in [7, 11) is -2.34. The molecule has 27 heavy (non-hydrogen) atoms. The minimum Gasteiger partial charge on any atom is -0.322 e. The molecule has 0 radical (unpaired) electrons. The highest BCUT2D eigenvalue weighted by Gasteiger charge is 2.47. The van der Waals surface area contributed by atoms with Crippen LogP contribution in [-0.4, -0.2) is 43.1 Å². The number of amides is 1. The first-order valence-electron chi connectivity index (χ1n) is 8.35. The molecule has 1 N–H and O–H groups in total. The van der Waals surface area contributed by atoms with Crippen LogP contribution >= 0.6 is 15.9 Å². The maximum atomic E-state index is 12.8. The molecule has 1 aliphatic carbocycles. The zero-order valence-corrected chi connectivity index (χ0v) is 17.1. The lowest BCUT2D eigenvalue weighted by atomic mass is 10.0. The summed E-state index contributed by atoms with van der Waals surface area (Å²) in [6.45, 7) is 1.89. The minimum atomic E-state index is -3.75. The van der Waals surface area contributed by atoms with Crippen LogP contribution in [0.15, 0.2) is 58.0 Å². The molecule has 142 valence electrons. The van der Waals surface area contributed by atoms with Gasteiger partial charge in [-0.2, -0.15) is 0 Å². The van der Waals surface area contributed by atoms with Crippen molar-refractivity contribution >= 4 is 31.9 Å². The van der Waals surface area contributed by atoms with E-state index in [1.54, 1.807) is 42.5 Å². The molecule has 1 amide bonds. The molecule has 1 aromatic carbocycles. The number of nitrogens with one attached hydrogen (secondary N) is 1. The summed E-state index contributed by atoms with van der Waals surface area (Å²) >= 11 is 3.46. The predicted molar refractivity (Wildman–Crippen MR) is 103 cm³/mol. The number of aryl methyl sites for hydroxylation is 1. The van der Waals surface area contributed by atoms with Gasteiger partial charge in [-0.05, 0) is 47.1 Å². The SMILES string of the molecule is CON1C(=O)c2ccc(Br)n2[C@@H]2C=C[C@@H](NS(=O)(=O)c3ccc(C)cc3)[C@@H]21. The van der Waals surface area contributed by atoms with Crippen LogP contribution in [0.2, 0.25) is 0 Å². The highest BCUT2D eigenvalue weighted by atomic mass is 79.9. The van der Waals surface area contributed by atoms with E-state index in [1.165, 1.54) is 12.2 Å². The van der Waals surface area contributed by atoms with E-state index in [-0.39, 0.29) is 16.8 Å². The number of hydroxylamine groups is 2. The Labute approximate surface area is 165 Å². The Bertz CT molecular complexity index is 1030. The molecule has 0 spiro atoms. The van der Waals surface area contributed by atoms with Gasteiger partial charge in [0.05, 0.1) is 28.7 Å². The number of nitrogens with zero attached hydrogens (tertiary/aromatic N) is 2. The number of benzene rings is 1. The van der Waals surface area contributed by atoms with E-state index in [2.05, 4.69) is 20.7 Å². The third-order valence-corrected chi connectivity index (χ3v) is 7.03. The molecule has 2 heterocycles. The van der Waals surface area contributed by atoms with Gasteiger partial charge in [0, 0.05) is 0 Å². The minimum absolute atomic E-state index is 0.180. The molecule has 2 aromatic rings.